The molecule has 0 N–H and O–H groups in total. The summed E-state index contributed by atoms with van der Waals surface area (Å²) in [4.78, 5) is 4.08. The molecule has 0 aliphatic rings. The van der Waals surface area contributed by atoms with E-state index in [1.807, 2.05) is 0 Å². The van der Waals surface area contributed by atoms with Gasteiger partial charge in [-0.2, -0.15) is 13.2 Å². The van der Waals surface area contributed by atoms with Gasteiger partial charge >= 0.3 is 6.18 Å². The van der Waals surface area contributed by atoms with Crippen LogP contribution in [-0.2, 0) is 6.42 Å². The van der Waals surface area contributed by atoms with Crippen molar-refractivity contribution in [3.63, 3.8) is 0 Å². The van der Waals surface area contributed by atoms with Crippen molar-refractivity contribution in [1.82, 2.24) is 4.98 Å². The highest BCUT2D eigenvalue weighted by Gasteiger charge is 2.29. The molecule has 2 aromatic carbocycles. The van der Waals surface area contributed by atoms with Gasteiger partial charge in [0.1, 0.15) is 5.82 Å². The van der Waals surface area contributed by atoms with Gasteiger partial charge in [-0.25, -0.2) is 4.39 Å². The SMILES string of the molecule is Fc1ccc2c(CC(F)(F)F)nc3ccccc3c2c1. The Kier molecular flexibility index (Phi) is 2.85. The van der Waals surface area contributed by atoms with Crippen molar-refractivity contribution >= 4 is 21.7 Å². The van der Waals surface area contributed by atoms with E-state index in [0.717, 1.165) is 6.07 Å². The van der Waals surface area contributed by atoms with Crippen molar-refractivity contribution in [1.29, 1.82) is 0 Å². The average Bonchev–Trinajstić information content (AvgIpc) is 2.37. The summed E-state index contributed by atoms with van der Waals surface area (Å²) in [7, 11) is 0. The first kappa shape index (κ1) is 12.8. The highest BCUT2D eigenvalue weighted by atomic mass is 19.4. The number of hydrogen-bond acceptors (Lipinski definition) is 1. The van der Waals surface area contributed by atoms with Crippen LogP contribution in [0.4, 0.5) is 17.6 Å². The first-order valence-corrected chi connectivity index (χ1v) is 5.98. The lowest BCUT2D eigenvalue weighted by Gasteiger charge is -2.11. The van der Waals surface area contributed by atoms with E-state index in [-0.39, 0.29) is 5.69 Å². The minimum Gasteiger partial charge on any atom is -0.252 e. The second kappa shape index (κ2) is 4.44. The summed E-state index contributed by atoms with van der Waals surface area (Å²) >= 11 is 0. The van der Waals surface area contributed by atoms with Gasteiger partial charge in [0.15, 0.2) is 0 Å². The molecule has 102 valence electrons. The van der Waals surface area contributed by atoms with Gasteiger partial charge in [-0.05, 0) is 29.7 Å². The molecule has 0 unspecified atom stereocenters. The Morgan fingerprint density at radius 3 is 2.40 bits per heavy atom. The van der Waals surface area contributed by atoms with Crippen LogP contribution in [0.15, 0.2) is 42.5 Å². The zero-order valence-corrected chi connectivity index (χ0v) is 10.2. The van der Waals surface area contributed by atoms with Gasteiger partial charge in [-0.15, -0.1) is 0 Å². The van der Waals surface area contributed by atoms with Gasteiger partial charge < -0.3 is 0 Å². The minimum atomic E-state index is -4.35. The first-order chi connectivity index (χ1) is 9.44. The van der Waals surface area contributed by atoms with E-state index in [0.29, 0.717) is 21.7 Å². The number of nitrogens with zero attached hydrogens (tertiary/aromatic N) is 1. The molecule has 3 rings (SSSR count). The molecule has 0 bridgehead atoms. The van der Waals surface area contributed by atoms with Crippen LogP contribution in [0.3, 0.4) is 0 Å². The Morgan fingerprint density at radius 1 is 0.900 bits per heavy atom. The molecule has 0 aliphatic carbocycles. The molecule has 1 aromatic heterocycles. The number of alkyl halides is 3. The fraction of sp³-hybridized carbons (Fsp3) is 0.133. The van der Waals surface area contributed by atoms with Gasteiger partial charge in [0, 0.05) is 10.8 Å². The highest BCUT2D eigenvalue weighted by Crippen LogP contribution is 2.30. The molecule has 5 heteroatoms. The van der Waals surface area contributed by atoms with Gasteiger partial charge in [0.05, 0.1) is 17.6 Å². The van der Waals surface area contributed by atoms with E-state index in [9.17, 15) is 17.6 Å². The van der Waals surface area contributed by atoms with Crippen molar-refractivity contribution < 1.29 is 17.6 Å². The van der Waals surface area contributed by atoms with Crippen LogP contribution in [0, 0.1) is 5.82 Å². The van der Waals surface area contributed by atoms with Crippen LogP contribution in [0.5, 0.6) is 0 Å². The van der Waals surface area contributed by atoms with Crippen LogP contribution in [0.2, 0.25) is 0 Å². The highest BCUT2D eigenvalue weighted by molar-refractivity contribution is 6.06. The van der Waals surface area contributed by atoms with Crippen molar-refractivity contribution in [3.05, 3.63) is 54.0 Å². The Balaban J connectivity index is 2.38. The zero-order chi connectivity index (χ0) is 14.3. The Hall–Kier alpha value is -2.17. The predicted octanol–water partition coefficient (Wildman–Crippen LogP) is 4.63. The van der Waals surface area contributed by atoms with Crippen LogP contribution >= 0.6 is 0 Å². The lowest BCUT2D eigenvalue weighted by molar-refractivity contribution is -0.127. The summed E-state index contributed by atoms with van der Waals surface area (Å²) in [5.41, 5.74) is 0.357. The van der Waals surface area contributed by atoms with Gasteiger partial charge in [-0.3, -0.25) is 4.98 Å². The van der Waals surface area contributed by atoms with Crippen LogP contribution in [0.25, 0.3) is 21.7 Å². The lowest BCUT2D eigenvalue weighted by atomic mass is 10.0. The summed E-state index contributed by atoms with van der Waals surface area (Å²) in [5.74, 6) is -0.480. The molecule has 0 saturated heterocycles. The monoisotopic (exact) mass is 279 g/mol. The zero-order valence-electron chi connectivity index (χ0n) is 10.2. The maximum Gasteiger partial charge on any atom is 0.394 e. The van der Waals surface area contributed by atoms with Crippen molar-refractivity contribution in [2.45, 2.75) is 12.6 Å². The van der Waals surface area contributed by atoms with Crippen molar-refractivity contribution in [3.8, 4) is 0 Å². The summed E-state index contributed by atoms with van der Waals surface area (Å²) < 4.78 is 51.3. The number of hydrogen-bond donors (Lipinski definition) is 0. The maximum absolute atomic E-state index is 13.4. The number of halogens is 4. The van der Waals surface area contributed by atoms with E-state index in [1.165, 1.54) is 12.1 Å². The number of rotatable bonds is 1. The summed E-state index contributed by atoms with van der Waals surface area (Å²) in [5, 5.41) is 1.44. The Bertz CT molecular complexity index is 793. The maximum atomic E-state index is 13.4. The third-order valence-corrected chi connectivity index (χ3v) is 3.11. The molecule has 0 radical (unpaired) electrons. The third kappa shape index (κ3) is 2.31. The molecule has 0 fully saturated rings. The molecule has 0 aliphatic heterocycles. The fourth-order valence-electron chi connectivity index (χ4n) is 2.32. The third-order valence-electron chi connectivity index (χ3n) is 3.11. The molecular weight excluding hydrogens is 270 g/mol. The standard InChI is InChI=1S/C15H9F4N/c16-9-5-6-11-12(7-9)10-3-1-2-4-13(10)20-14(11)8-15(17,18)19/h1-7H,8H2. The average molecular weight is 279 g/mol. The topological polar surface area (TPSA) is 12.9 Å². The number of fused-ring (bicyclic) bond motifs is 3. The normalized spacial score (nSPS) is 12.2. The summed E-state index contributed by atoms with van der Waals surface area (Å²) in [6.07, 6.45) is -5.48. The summed E-state index contributed by atoms with van der Waals surface area (Å²) in [6.45, 7) is 0. The fourth-order valence-corrected chi connectivity index (χ4v) is 2.32. The number of benzene rings is 2. The minimum absolute atomic E-state index is 0.0776. The quantitative estimate of drug-likeness (QED) is 0.467. The molecule has 20 heavy (non-hydrogen) atoms. The second-order valence-electron chi connectivity index (χ2n) is 4.56. The van der Waals surface area contributed by atoms with Gasteiger partial charge in [0.2, 0.25) is 0 Å². The van der Waals surface area contributed by atoms with Gasteiger partial charge in [-0.1, -0.05) is 18.2 Å². The predicted molar refractivity (Wildman–Crippen MR) is 69.0 cm³/mol. The van der Waals surface area contributed by atoms with E-state index < -0.39 is 18.4 Å². The summed E-state index contributed by atoms with van der Waals surface area (Å²) in [6, 6.07) is 10.5. The van der Waals surface area contributed by atoms with E-state index >= 15 is 0 Å². The number of aromatic nitrogens is 1. The molecule has 3 aromatic rings. The molecule has 0 atom stereocenters. The smallest absolute Gasteiger partial charge is 0.252 e. The van der Waals surface area contributed by atoms with E-state index in [1.54, 1.807) is 24.3 Å². The number of pyridine rings is 1. The molecule has 1 nitrogen and oxygen atoms in total. The second-order valence-corrected chi connectivity index (χ2v) is 4.56. The van der Waals surface area contributed by atoms with E-state index in [4.69, 9.17) is 0 Å². The molecule has 0 spiro atoms. The first-order valence-electron chi connectivity index (χ1n) is 5.98. The van der Waals surface area contributed by atoms with Crippen molar-refractivity contribution in [2.24, 2.45) is 0 Å². The molecule has 1 heterocycles. The molecular formula is C15H9F4N. The van der Waals surface area contributed by atoms with Gasteiger partial charge in [0.25, 0.3) is 0 Å². The largest absolute Gasteiger partial charge is 0.394 e. The Morgan fingerprint density at radius 2 is 1.65 bits per heavy atom. The number of para-hydroxylation sites is 1. The van der Waals surface area contributed by atoms with Crippen LogP contribution in [0.1, 0.15) is 5.69 Å². The molecule has 0 amide bonds. The van der Waals surface area contributed by atoms with E-state index in [2.05, 4.69) is 4.98 Å². The van der Waals surface area contributed by atoms with Crippen LogP contribution in [-0.4, -0.2) is 11.2 Å². The van der Waals surface area contributed by atoms with Crippen LogP contribution < -0.4 is 0 Å². The Labute approximate surface area is 111 Å². The molecule has 0 saturated carbocycles. The lowest BCUT2D eigenvalue weighted by Crippen LogP contribution is -2.13. The van der Waals surface area contributed by atoms with Crippen molar-refractivity contribution in [2.75, 3.05) is 0 Å².